The van der Waals surface area contributed by atoms with Gasteiger partial charge in [-0.15, -0.1) is 0 Å². The van der Waals surface area contributed by atoms with Crippen molar-refractivity contribution in [2.45, 2.75) is 65.3 Å². The fraction of sp³-hybridized carbons (Fsp3) is 1.00. The number of rotatable bonds is 11. The van der Waals surface area contributed by atoms with Crippen LogP contribution in [0.3, 0.4) is 0 Å². The van der Waals surface area contributed by atoms with Crippen molar-refractivity contribution in [3.63, 3.8) is 0 Å². The molecule has 0 saturated heterocycles. The van der Waals surface area contributed by atoms with Crippen LogP contribution in [0.25, 0.3) is 0 Å². The molecule has 1 aliphatic carbocycles. The third kappa shape index (κ3) is 7.28. The lowest BCUT2D eigenvalue weighted by atomic mass is 10.0. The van der Waals surface area contributed by atoms with E-state index in [1.54, 1.807) is 0 Å². The molecule has 0 aromatic heterocycles. The van der Waals surface area contributed by atoms with E-state index in [-0.39, 0.29) is 5.75 Å². The van der Waals surface area contributed by atoms with Crippen LogP contribution >= 0.6 is 0 Å². The Kier molecular flexibility index (Phi) is 6.77. The van der Waals surface area contributed by atoms with Crippen molar-refractivity contribution in [2.75, 3.05) is 18.8 Å². The van der Waals surface area contributed by atoms with E-state index in [0.29, 0.717) is 18.0 Å². The topological polar surface area (TPSA) is 58.2 Å². The van der Waals surface area contributed by atoms with Gasteiger partial charge in [0.15, 0.2) is 0 Å². The highest BCUT2D eigenvalue weighted by molar-refractivity contribution is 7.89. The van der Waals surface area contributed by atoms with Gasteiger partial charge in [0.1, 0.15) is 0 Å². The lowest BCUT2D eigenvalue weighted by Gasteiger charge is -2.15. The fourth-order valence-electron chi connectivity index (χ4n) is 2.37. The van der Waals surface area contributed by atoms with Gasteiger partial charge in [0, 0.05) is 12.6 Å². The van der Waals surface area contributed by atoms with Crippen molar-refractivity contribution in [3.05, 3.63) is 0 Å². The Labute approximate surface area is 118 Å². The highest BCUT2D eigenvalue weighted by Crippen LogP contribution is 2.49. The molecule has 0 aliphatic heterocycles. The molecule has 0 spiro atoms. The Morgan fingerprint density at radius 1 is 1.21 bits per heavy atom. The fourth-order valence-corrected chi connectivity index (χ4v) is 3.62. The van der Waals surface area contributed by atoms with Gasteiger partial charge in [0.05, 0.1) is 5.75 Å². The molecule has 0 atom stereocenters. The lowest BCUT2D eigenvalue weighted by molar-refractivity contribution is 0.449. The summed E-state index contributed by atoms with van der Waals surface area (Å²) in [4.78, 5) is 0. The normalized spacial score (nSPS) is 17.9. The molecule has 114 valence electrons. The number of hydrogen-bond donors (Lipinski definition) is 2. The van der Waals surface area contributed by atoms with E-state index in [2.05, 4.69) is 30.8 Å². The highest BCUT2D eigenvalue weighted by atomic mass is 32.2. The van der Waals surface area contributed by atoms with Gasteiger partial charge < -0.3 is 5.32 Å². The molecular formula is C14H30N2O2S. The largest absolute Gasteiger partial charge is 0.315 e. The molecule has 0 unspecified atom stereocenters. The molecule has 1 fully saturated rings. The zero-order chi connectivity index (χ0) is 14.4. The van der Waals surface area contributed by atoms with Gasteiger partial charge >= 0.3 is 0 Å². The van der Waals surface area contributed by atoms with E-state index >= 15 is 0 Å². The molecule has 0 aromatic carbocycles. The summed E-state index contributed by atoms with van der Waals surface area (Å²) < 4.78 is 26.5. The minimum absolute atomic E-state index is 0.259. The monoisotopic (exact) mass is 290 g/mol. The summed E-state index contributed by atoms with van der Waals surface area (Å²) in [5, 5.41) is 3.30. The van der Waals surface area contributed by atoms with Gasteiger partial charge in [-0.25, -0.2) is 13.1 Å². The maximum atomic E-state index is 11.9. The van der Waals surface area contributed by atoms with Crippen LogP contribution < -0.4 is 10.0 Å². The highest BCUT2D eigenvalue weighted by Gasteiger charge is 2.41. The first-order chi connectivity index (χ1) is 8.89. The van der Waals surface area contributed by atoms with Crippen LogP contribution in [-0.2, 0) is 10.0 Å². The zero-order valence-electron chi connectivity index (χ0n) is 12.7. The molecule has 1 aliphatic rings. The number of unbranched alkanes of at least 4 members (excludes halogenated alkanes) is 1. The molecule has 0 heterocycles. The lowest BCUT2D eigenvalue weighted by Crippen LogP contribution is -2.32. The molecule has 2 N–H and O–H groups in total. The van der Waals surface area contributed by atoms with Gasteiger partial charge in [0.25, 0.3) is 0 Å². The first kappa shape index (κ1) is 16.9. The van der Waals surface area contributed by atoms with Crippen LogP contribution in [0, 0.1) is 5.41 Å². The standard InChI is InChI=1S/C14H30N2O2S/c1-4-7-14(8-9-14)12-16-19(17,18)11-6-5-10-15-13(2)3/h13,15-16H,4-12H2,1-3H3. The predicted molar refractivity (Wildman–Crippen MR) is 80.7 cm³/mol. The summed E-state index contributed by atoms with van der Waals surface area (Å²) in [5.74, 6) is 0.259. The molecule has 1 rings (SSSR count). The SMILES string of the molecule is CCCC1(CNS(=O)(=O)CCCCNC(C)C)CC1. The number of hydrogen-bond acceptors (Lipinski definition) is 3. The molecule has 0 bridgehead atoms. The molecule has 0 aromatic rings. The van der Waals surface area contributed by atoms with Crippen LogP contribution in [0.5, 0.6) is 0 Å². The van der Waals surface area contributed by atoms with Crippen molar-refractivity contribution in [1.82, 2.24) is 10.0 Å². The molecule has 19 heavy (non-hydrogen) atoms. The van der Waals surface area contributed by atoms with Crippen LogP contribution in [-0.4, -0.2) is 33.3 Å². The minimum Gasteiger partial charge on any atom is -0.315 e. The van der Waals surface area contributed by atoms with E-state index in [0.717, 1.165) is 32.2 Å². The second-order valence-electron chi connectivity index (χ2n) is 6.21. The Bertz CT molecular complexity index is 348. The van der Waals surface area contributed by atoms with Gasteiger partial charge in [0.2, 0.25) is 10.0 Å². The summed E-state index contributed by atoms with van der Waals surface area (Å²) >= 11 is 0. The maximum Gasteiger partial charge on any atom is 0.211 e. The van der Waals surface area contributed by atoms with E-state index < -0.39 is 10.0 Å². The van der Waals surface area contributed by atoms with Crippen molar-refractivity contribution in [3.8, 4) is 0 Å². The Morgan fingerprint density at radius 3 is 2.42 bits per heavy atom. The van der Waals surface area contributed by atoms with Crippen LogP contribution in [0.15, 0.2) is 0 Å². The van der Waals surface area contributed by atoms with E-state index in [9.17, 15) is 8.42 Å². The van der Waals surface area contributed by atoms with Crippen LogP contribution in [0.2, 0.25) is 0 Å². The zero-order valence-corrected chi connectivity index (χ0v) is 13.5. The first-order valence-electron chi connectivity index (χ1n) is 7.60. The second kappa shape index (κ2) is 7.60. The molecule has 0 amide bonds. The molecule has 4 nitrogen and oxygen atoms in total. The average molecular weight is 290 g/mol. The van der Waals surface area contributed by atoms with Gasteiger partial charge in [-0.1, -0.05) is 27.2 Å². The smallest absolute Gasteiger partial charge is 0.211 e. The van der Waals surface area contributed by atoms with E-state index in [1.165, 1.54) is 12.8 Å². The van der Waals surface area contributed by atoms with E-state index in [1.807, 2.05) is 0 Å². The summed E-state index contributed by atoms with van der Waals surface area (Å²) in [6.07, 6.45) is 6.30. The molecule has 1 saturated carbocycles. The molecule has 5 heteroatoms. The average Bonchev–Trinajstić information content (AvgIpc) is 3.07. The summed E-state index contributed by atoms with van der Waals surface area (Å²) in [5.41, 5.74) is 0.293. The third-order valence-electron chi connectivity index (χ3n) is 3.80. The molecular weight excluding hydrogens is 260 g/mol. The van der Waals surface area contributed by atoms with Crippen molar-refractivity contribution >= 4 is 10.0 Å². The summed E-state index contributed by atoms with van der Waals surface area (Å²) in [7, 11) is -3.07. The third-order valence-corrected chi connectivity index (χ3v) is 5.21. The minimum atomic E-state index is -3.07. The summed E-state index contributed by atoms with van der Waals surface area (Å²) in [6.45, 7) is 7.90. The predicted octanol–water partition coefficient (Wildman–Crippen LogP) is 2.26. The van der Waals surface area contributed by atoms with Crippen LogP contribution in [0.4, 0.5) is 0 Å². The van der Waals surface area contributed by atoms with Gasteiger partial charge in [-0.05, 0) is 44.1 Å². The second-order valence-corrected chi connectivity index (χ2v) is 8.13. The van der Waals surface area contributed by atoms with Gasteiger partial charge in [-0.2, -0.15) is 0 Å². The van der Waals surface area contributed by atoms with Gasteiger partial charge in [-0.3, -0.25) is 0 Å². The van der Waals surface area contributed by atoms with Crippen molar-refractivity contribution < 1.29 is 8.42 Å². The van der Waals surface area contributed by atoms with Crippen LogP contribution in [0.1, 0.15) is 59.3 Å². The van der Waals surface area contributed by atoms with Crippen molar-refractivity contribution in [2.24, 2.45) is 5.41 Å². The summed E-state index contributed by atoms with van der Waals surface area (Å²) in [6, 6.07) is 0.471. The first-order valence-corrected chi connectivity index (χ1v) is 9.25. The molecule has 0 radical (unpaired) electrons. The Morgan fingerprint density at radius 2 is 1.89 bits per heavy atom. The Balaban J connectivity index is 2.14. The Hall–Kier alpha value is -0.130. The maximum absolute atomic E-state index is 11.9. The quantitative estimate of drug-likeness (QED) is 0.574. The van der Waals surface area contributed by atoms with Crippen molar-refractivity contribution in [1.29, 1.82) is 0 Å². The number of nitrogens with one attached hydrogen (secondary N) is 2. The van der Waals surface area contributed by atoms with E-state index in [4.69, 9.17) is 0 Å². The number of sulfonamides is 1.